The molecular weight excluding hydrogens is 464 g/mol. The molecule has 5 rings (SSSR count). The van der Waals surface area contributed by atoms with Crippen LogP contribution in [0.4, 0.5) is 23.2 Å². The quantitative estimate of drug-likeness (QED) is 0.251. The highest BCUT2D eigenvalue weighted by Gasteiger charge is 2.35. The van der Waals surface area contributed by atoms with E-state index in [0.717, 1.165) is 11.6 Å². The van der Waals surface area contributed by atoms with Gasteiger partial charge in [0.05, 0.1) is 23.5 Å². The van der Waals surface area contributed by atoms with Crippen LogP contribution in [-0.4, -0.2) is 19.5 Å². The summed E-state index contributed by atoms with van der Waals surface area (Å²) in [4.78, 5) is 9.04. The number of aromatic hydroxyl groups is 1. The van der Waals surface area contributed by atoms with Crippen molar-refractivity contribution in [1.82, 2.24) is 14.4 Å². The molecule has 0 spiro atoms. The van der Waals surface area contributed by atoms with E-state index >= 15 is 0 Å². The summed E-state index contributed by atoms with van der Waals surface area (Å²) in [7, 11) is 0. The van der Waals surface area contributed by atoms with E-state index in [2.05, 4.69) is 9.97 Å². The minimum Gasteiger partial charge on any atom is -0.493 e. The Bertz CT molecular complexity index is 1520. The molecule has 2 aromatic carbocycles. The molecule has 35 heavy (non-hydrogen) atoms. The second kappa shape index (κ2) is 8.46. The van der Waals surface area contributed by atoms with E-state index < -0.39 is 17.8 Å². The molecule has 178 valence electrons. The van der Waals surface area contributed by atoms with Gasteiger partial charge in [-0.15, -0.1) is 0 Å². The van der Waals surface area contributed by atoms with Gasteiger partial charge in [0, 0.05) is 18.2 Å². The topological polar surface area (TPSA) is 89.6 Å². The van der Waals surface area contributed by atoms with E-state index in [0.29, 0.717) is 12.1 Å². The summed E-state index contributed by atoms with van der Waals surface area (Å²) in [5.41, 5.74) is 7.74. The van der Waals surface area contributed by atoms with Gasteiger partial charge in [0.15, 0.2) is 11.5 Å². The number of alkyl halides is 3. The number of hydrogen-bond acceptors (Lipinski definition) is 5. The Balaban J connectivity index is 1.64. The van der Waals surface area contributed by atoms with E-state index in [4.69, 9.17) is 10.2 Å². The van der Waals surface area contributed by atoms with E-state index in [1.807, 2.05) is 30.3 Å². The number of imidazole rings is 1. The van der Waals surface area contributed by atoms with Gasteiger partial charge in [0.1, 0.15) is 11.5 Å². The molecule has 3 aromatic heterocycles. The number of rotatable bonds is 5. The van der Waals surface area contributed by atoms with Crippen LogP contribution in [0.25, 0.3) is 16.9 Å². The standard InChI is InChI=1S/C25H18F4N4O2/c26-22-16(7-4-8-17(22)30)20-13-33-23(18(31-20)11-14-5-2-1-3-6-14)32-19(24(33)34)12-15-9-10-21(35-15)25(27,28)29/h1-10,13,34H,11-12,30H2. The van der Waals surface area contributed by atoms with Crippen molar-refractivity contribution < 1.29 is 27.1 Å². The smallest absolute Gasteiger partial charge is 0.449 e. The number of nitrogens with zero attached hydrogens (tertiary/aromatic N) is 3. The van der Waals surface area contributed by atoms with Crippen LogP contribution in [-0.2, 0) is 19.0 Å². The molecule has 0 aliphatic heterocycles. The molecule has 0 bridgehead atoms. The lowest BCUT2D eigenvalue weighted by molar-refractivity contribution is -0.153. The Kier molecular flexibility index (Phi) is 5.43. The number of hydrogen-bond donors (Lipinski definition) is 2. The summed E-state index contributed by atoms with van der Waals surface area (Å²) in [6.07, 6.45) is -3.08. The van der Waals surface area contributed by atoms with E-state index in [-0.39, 0.29) is 46.3 Å². The lowest BCUT2D eigenvalue weighted by Crippen LogP contribution is -2.02. The SMILES string of the molecule is Nc1cccc(-c2cn3c(O)c(Cc4ccc(C(F)(F)F)o4)nc3c(Cc3ccccc3)n2)c1F. The summed E-state index contributed by atoms with van der Waals surface area (Å²) < 4.78 is 59.7. The Morgan fingerprint density at radius 3 is 2.40 bits per heavy atom. The second-order valence-corrected chi connectivity index (χ2v) is 7.96. The molecule has 0 unspecified atom stereocenters. The van der Waals surface area contributed by atoms with Crippen LogP contribution in [0.2, 0.25) is 0 Å². The molecule has 5 aromatic rings. The number of anilines is 1. The predicted molar refractivity (Wildman–Crippen MR) is 120 cm³/mol. The molecule has 0 aliphatic rings. The van der Waals surface area contributed by atoms with Crippen molar-refractivity contribution in [3.8, 4) is 17.1 Å². The first-order valence-electron chi connectivity index (χ1n) is 10.5. The maximum absolute atomic E-state index is 14.8. The highest BCUT2D eigenvalue weighted by atomic mass is 19.4. The Labute approximate surface area is 196 Å². The van der Waals surface area contributed by atoms with Crippen molar-refractivity contribution in [3.05, 3.63) is 101 Å². The number of nitrogen functional groups attached to an aromatic ring is 1. The maximum atomic E-state index is 14.8. The number of fused-ring (bicyclic) bond motifs is 1. The first-order valence-corrected chi connectivity index (χ1v) is 10.5. The zero-order valence-corrected chi connectivity index (χ0v) is 18.1. The normalized spacial score (nSPS) is 11.9. The maximum Gasteiger partial charge on any atom is 0.449 e. The van der Waals surface area contributed by atoms with Gasteiger partial charge in [0.2, 0.25) is 11.6 Å². The van der Waals surface area contributed by atoms with Crippen molar-refractivity contribution in [2.45, 2.75) is 19.0 Å². The van der Waals surface area contributed by atoms with Gasteiger partial charge in [0.25, 0.3) is 0 Å². The summed E-state index contributed by atoms with van der Waals surface area (Å²) in [5, 5.41) is 10.9. The predicted octanol–water partition coefficient (Wildman–Crippen LogP) is 5.62. The third-order valence-corrected chi connectivity index (χ3v) is 5.52. The van der Waals surface area contributed by atoms with Gasteiger partial charge in [-0.25, -0.2) is 14.4 Å². The largest absolute Gasteiger partial charge is 0.493 e. The lowest BCUT2D eigenvalue weighted by atomic mass is 10.1. The van der Waals surface area contributed by atoms with Crippen molar-refractivity contribution >= 4 is 11.3 Å². The molecule has 3 heterocycles. The van der Waals surface area contributed by atoms with Crippen LogP contribution in [0.3, 0.4) is 0 Å². The van der Waals surface area contributed by atoms with Gasteiger partial charge in [-0.2, -0.15) is 13.2 Å². The molecule has 0 atom stereocenters. The van der Waals surface area contributed by atoms with E-state index in [1.54, 1.807) is 6.07 Å². The number of aromatic nitrogens is 3. The Hall–Kier alpha value is -4.34. The molecule has 0 saturated heterocycles. The average molecular weight is 482 g/mol. The Morgan fingerprint density at radius 1 is 0.914 bits per heavy atom. The fourth-order valence-electron chi connectivity index (χ4n) is 3.84. The molecule has 0 amide bonds. The van der Waals surface area contributed by atoms with Crippen LogP contribution in [0.15, 0.2) is 71.3 Å². The van der Waals surface area contributed by atoms with Crippen molar-refractivity contribution in [2.24, 2.45) is 0 Å². The number of nitrogens with two attached hydrogens (primary N) is 1. The van der Waals surface area contributed by atoms with Gasteiger partial charge in [-0.05, 0) is 29.8 Å². The van der Waals surface area contributed by atoms with Crippen LogP contribution < -0.4 is 5.73 Å². The van der Waals surface area contributed by atoms with Crippen molar-refractivity contribution in [2.75, 3.05) is 5.73 Å². The van der Waals surface area contributed by atoms with E-state index in [9.17, 15) is 22.7 Å². The fraction of sp³-hybridized carbons (Fsp3) is 0.120. The van der Waals surface area contributed by atoms with Crippen LogP contribution in [0.1, 0.15) is 28.5 Å². The number of furan rings is 1. The summed E-state index contributed by atoms with van der Waals surface area (Å²) in [6, 6.07) is 15.9. The molecule has 0 fully saturated rings. The fourth-order valence-corrected chi connectivity index (χ4v) is 3.84. The van der Waals surface area contributed by atoms with Gasteiger partial charge < -0.3 is 15.3 Å². The monoisotopic (exact) mass is 482 g/mol. The highest BCUT2D eigenvalue weighted by molar-refractivity contribution is 5.67. The number of halogens is 4. The molecule has 0 saturated carbocycles. The Morgan fingerprint density at radius 2 is 1.69 bits per heavy atom. The molecule has 0 radical (unpaired) electrons. The van der Waals surface area contributed by atoms with Crippen LogP contribution in [0, 0.1) is 5.82 Å². The molecule has 6 nitrogen and oxygen atoms in total. The van der Waals surface area contributed by atoms with Crippen molar-refractivity contribution in [3.63, 3.8) is 0 Å². The average Bonchev–Trinajstić information content (AvgIpc) is 3.42. The molecule has 10 heteroatoms. The zero-order valence-electron chi connectivity index (χ0n) is 18.1. The van der Waals surface area contributed by atoms with Crippen molar-refractivity contribution in [1.29, 1.82) is 0 Å². The van der Waals surface area contributed by atoms with Crippen LogP contribution >= 0.6 is 0 Å². The first kappa shape index (κ1) is 22.5. The first-order chi connectivity index (χ1) is 16.7. The molecule has 0 aliphatic carbocycles. The van der Waals surface area contributed by atoms with E-state index in [1.165, 1.54) is 28.8 Å². The third kappa shape index (κ3) is 4.30. The van der Waals surface area contributed by atoms with Gasteiger partial charge >= 0.3 is 6.18 Å². The molecule has 3 N–H and O–H groups in total. The van der Waals surface area contributed by atoms with Gasteiger partial charge in [-0.1, -0.05) is 36.4 Å². The molecular formula is C25H18F4N4O2. The van der Waals surface area contributed by atoms with Gasteiger partial charge in [-0.3, -0.25) is 4.40 Å². The summed E-state index contributed by atoms with van der Waals surface area (Å²) in [6.45, 7) is 0. The minimum absolute atomic E-state index is 0.0179. The number of benzene rings is 2. The lowest BCUT2D eigenvalue weighted by Gasteiger charge is -2.10. The minimum atomic E-state index is -4.62. The van der Waals surface area contributed by atoms with Crippen LogP contribution in [0.5, 0.6) is 5.88 Å². The highest BCUT2D eigenvalue weighted by Crippen LogP contribution is 2.33. The second-order valence-electron chi connectivity index (χ2n) is 7.96. The third-order valence-electron chi connectivity index (χ3n) is 5.52. The summed E-state index contributed by atoms with van der Waals surface area (Å²) in [5.74, 6) is -2.12. The summed E-state index contributed by atoms with van der Waals surface area (Å²) >= 11 is 0. The zero-order chi connectivity index (χ0) is 24.7.